The zero-order valence-corrected chi connectivity index (χ0v) is 17.8. The van der Waals surface area contributed by atoms with Crippen LogP contribution in [0.3, 0.4) is 0 Å². The van der Waals surface area contributed by atoms with Gasteiger partial charge in [0.25, 0.3) is 0 Å². The van der Waals surface area contributed by atoms with Crippen LogP contribution in [-0.4, -0.2) is 35.9 Å². The van der Waals surface area contributed by atoms with E-state index in [0.717, 1.165) is 23.6 Å². The van der Waals surface area contributed by atoms with Crippen LogP contribution >= 0.6 is 0 Å². The summed E-state index contributed by atoms with van der Waals surface area (Å²) < 4.78 is 44.8. The van der Waals surface area contributed by atoms with Crippen LogP contribution < -0.4 is 4.90 Å². The highest BCUT2D eigenvalue weighted by molar-refractivity contribution is 5.65. The lowest BCUT2D eigenvalue weighted by Crippen LogP contribution is -2.24. The summed E-state index contributed by atoms with van der Waals surface area (Å²) in [6, 6.07) is 7.99. The number of nitrogens with zero attached hydrogens (tertiary/aromatic N) is 7. The van der Waals surface area contributed by atoms with E-state index in [4.69, 9.17) is 4.98 Å². The van der Waals surface area contributed by atoms with Crippen molar-refractivity contribution in [1.82, 2.24) is 29.4 Å². The van der Waals surface area contributed by atoms with Gasteiger partial charge in [-0.05, 0) is 49.2 Å². The molecule has 0 saturated carbocycles. The molecule has 1 atom stereocenters. The van der Waals surface area contributed by atoms with E-state index in [1.54, 1.807) is 40.1 Å². The van der Waals surface area contributed by atoms with Crippen molar-refractivity contribution in [3.05, 3.63) is 90.5 Å². The van der Waals surface area contributed by atoms with Crippen LogP contribution in [0.15, 0.2) is 67.4 Å². The molecule has 0 N–H and O–H groups in total. The van der Waals surface area contributed by atoms with Crippen molar-refractivity contribution in [2.24, 2.45) is 0 Å². The summed E-state index contributed by atoms with van der Waals surface area (Å²) in [7, 11) is 0. The van der Waals surface area contributed by atoms with E-state index in [2.05, 4.69) is 15.2 Å². The molecule has 5 heterocycles. The fraction of sp³-hybridized carbons (Fsp3) is 0.167. The molecule has 0 aliphatic carbocycles. The van der Waals surface area contributed by atoms with Crippen LogP contribution in [0, 0.1) is 17.6 Å². The summed E-state index contributed by atoms with van der Waals surface area (Å²) >= 11 is 0. The normalized spacial score (nSPS) is 16.0. The van der Waals surface area contributed by atoms with Crippen molar-refractivity contribution >= 4 is 11.5 Å². The topological polar surface area (TPSA) is 64.1 Å². The molecule has 4 aromatic heterocycles. The van der Waals surface area contributed by atoms with Gasteiger partial charge < -0.3 is 4.90 Å². The fourth-order valence-corrected chi connectivity index (χ4v) is 4.45. The Morgan fingerprint density at radius 2 is 1.82 bits per heavy atom. The van der Waals surface area contributed by atoms with Gasteiger partial charge in [-0.15, -0.1) is 0 Å². The Kier molecular flexibility index (Phi) is 4.79. The second kappa shape index (κ2) is 7.98. The van der Waals surface area contributed by atoms with E-state index in [-0.39, 0.29) is 6.04 Å². The van der Waals surface area contributed by atoms with Crippen molar-refractivity contribution in [2.75, 3.05) is 11.4 Å². The first-order valence-corrected chi connectivity index (χ1v) is 10.8. The Morgan fingerprint density at radius 1 is 0.912 bits per heavy atom. The van der Waals surface area contributed by atoms with E-state index in [0.29, 0.717) is 35.7 Å². The Bertz CT molecular complexity index is 1490. The molecule has 170 valence electrons. The molecule has 10 heteroatoms. The fourth-order valence-electron chi connectivity index (χ4n) is 4.45. The van der Waals surface area contributed by atoms with E-state index in [1.165, 1.54) is 24.4 Å². The first-order chi connectivity index (χ1) is 16.6. The van der Waals surface area contributed by atoms with Gasteiger partial charge in [-0.25, -0.2) is 27.9 Å². The van der Waals surface area contributed by atoms with Gasteiger partial charge in [0.05, 0.1) is 18.4 Å². The van der Waals surface area contributed by atoms with Crippen LogP contribution in [0.25, 0.3) is 22.5 Å². The Morgan fingerprint density at radius 3 is 2.68 bits per heavy atom. The molecular formula is C24H18F3N7. The van der Waals surface area contributed by atoms with Crippen molar-refractivity contribution in [3.8, 4) is 16.8 Å². The number of hydrogen-bond acceptors (Lipinski definition) is 5. The van der Waals surface area contributed by atoms with Crippen molar-refractivity contribution in [3.63, 3.8) is 0 Å². The summed E-state index contributed by atoms with van der Waals surface area (Å²) in [5, 5.41) is 8.78. The molecule has 1 aromatic carbocycles. The Hall–Kier alpha value is -4.21. The molecule has 0 amide bonds. The van der Waals surface area contributed by atoms with E-state index >= 15 is 0 Å². The highest BCUT2D eigenvalue weighted by Gasteiger charge is 2.30. The smallest absolute Gasteiger partial charge is 0.212 e. The lowest BCUT2D eigenvalue weighted by molar-refractivity contribution is 0.560. The average molecular weight is 461 g/mol. The summed E-state index contributed by atoms with van der Waals surface area (Å²) in [4.78, 5) is 10.5. The van der Waals surface area contributed by atoms with Crippen molar-refractivity contribution < 1.29 is 13.2 Å². The zero-order chi connectivity index (χ0) is 23.2. The van der Waals surface area contributed by atoms with Crippen LogP contribution in [0.1, 0.15) is 24.4 Å². The number of halogens is 3. The Labute approximate surface area is 192 Å². The third-order valence-electron chi connectivity index (χ3n) is 6.09. The lowest BCUT2D eigenvalue weighted by atomic mass is 10.0. The summed E-state index contributed by atoms with van der Waals surface area (Å²) in [6.07, 6.45) is 9.88. The van der Waals surface area contributed by atoms with Gasteiger partial charge in [-0.1, -0.05) is 0 Å². The summed E-state index contributed by atoms with van der Waals surface area (Å²) in [5.74, 6) is -0.788. The molecule has 1 saturated heterocycles. The molecule has 1 aliphatic rings. The molecule has 34 heavy (non-hydrogen) atoms. The third-order valence-corrected chi connectivity index (χ3v) is 6.09. The summed E-state index contributed by atoms with van der Waals surface area (Å²) in [6.45, 7) is 0.677. The minimum Gasteiger partial charge on any atom is -0.349 e. The molecule has 1 fully saturated rings. The number of aromatic nitrogens is 6. The SMILES string of the molecule is Fc1ccc(F)c(C2CCCN2c2ccn3ncc(-n4cc(-c5ccc(F)nc5)cn4)c3n2)c1. The molecule has 5 aromatic rings. The van der Waals surface area contributed by atoms with E-state index in [9.17, 15) is 13.2 Å². The van der Waals surface area contributed by atoms with Gasteiger partial charge in [0.2, 0.25) is 5.95 Å². The van der Waals surface area contributed by atoms with Gasteiger partial charge >= 0.3 is 0 Å². The first kappa shape index (κ1) is 20.4. The Balaban J connectivity index is 1.37. The van der Waals surface area contributed by atoms with E-state index in [1.807, 2.05) is 11.0 Å². The molecule has 6 rings (SSSR count). The predicted octanol–water partition coefficient (Wildman–Crippen LogP) is 4.74. The van der Waals surface area contributed by atoms with Crippen LogP contribution in [0.5, 0.6) is 0 Å². The lowest BCUT2D eigenvalue weighted by Gasteiger charge is -2.26. The van der Waals surface area contributed by atoms with E-state index < -0.39 is 17.6 Å². The van der Waals surface area contributed by atoms with Crippen molar-refractivity contribution in [1.29, 1.82) is 0 Å². The van der Waals surface area contributed by atoms with Gasteiger partial charge in [0.15, 0.2) is 5.65 Å². The highest BCUT2D eigenvalue weighted by atomic mass is 19.1. The second-order valence-corrected chi connectivity index (χ2v) is 8.14. The number of anilines is 1. The number of hydrogen-bond donors (Lipinski definition) is 0. The molecule has 0 radical (unpaired) electrons. The van der Waals surface area contributed by atoms with Crippen LogP contribution in [-0.2, 0) is 0 Å². The average Bonchev–Trinajstić information content (AvgIpc) is 3.60. The van der Waals surface area contributed by atoms with Crippen LogP contribution in [0.4, 0.5) is 19.0 Å². The van der Waals surface area contributed by atoms with Gasteiger partial charge in [0, 0.05) is 41.8 Å². The minimum absolute atomic E-state index is 0.306. The molecule has 0 spiro atoms. The number of rotatable bonds is 4. The number of fused-ring (bicyclic) bond motifs is 1. The van der Waals surface area contributed by atoms with Crippen LogP contribution in [0.2, 0.25) is 0 Å². The van der Waals surface area contributed by atoms with Crippen molar-refractivity contribution in [2.45, 2.75) is 18.9 Å². The highest BCUT2D eigenvalue weighted by Crippen LogP contribution is 2.37. The molecular weight excluding hydrogens is 443 g/mol. The molecule has 1 unspecified atom stereocenters. The van der Waals surface area contributed by atoms with Gasteiger partial charge in [-0.3, -0.25) is 0 Å². The second-order valence-electron chi connectivity index (χ2n) is 8.14. The standard InChI is InChI=1S/C24H18F3N7/c25-17-4-5-19(26)18(10-17)20-2-1-8-32(20)23-7-9-33-24(31-23)21(13-30-33)34-14-16(12-29-34)15-3-6-22(27)28-11-15/h3-7,9-14,20H,1-2,8H2. The number of pyridine rings is 1. The summed E-state index contributed by atoms with van der Waals surface area (Å²) in [5.41, 5.74) is 3.04. The maximum atomic E-state index is 14.5. The number of benzene rings is 1. The maximum Gasteiger partial charge on any atom is 0.212 e. The first-order valence-electron chi connectivity index (χ1n) is 10.8. The predicted molar refractivity (Wildman–Crippen MR) is 119 cm³/mol. The molecule has 1 aliphatic heterocycles. The molecule has 7 nitrogen and oxygen atoms in total. The minimum atomic E-state index is -0.547. The molecule has 0 bridgehead atoms. The zero-order valence-electron chi connectivity index (χ0n) is 17.8. The van der Waals surface area contributed by atoms with Gasteiger partial charge in [0.1, 0.15) is 23.1 Å². The monoisotopic (exact) mass is 461 g/mol. The largest absolute Gasteiger partial charge is 0.349 e. The third kappa shape index (κ3) is 3.47. The quantitative estimate of drug-likeness (QED) is 0.362. The maximum absolute atomic E-state index is 14.5. The van der Waals surface area contributed by atoms with Gasteiger partial charge in [-0.2, -0.15) is 14.6 Å².